The first-order valence-corrected chi connectivity index (χ1v) is 13.7. The molecule has 0 unspecified atom stereocenters. The van der Waals surface area contributed by atoms with Crippen molar-refractivity contribution in [3.63, 3.8) is 0 Å². The van der Waals surface area contributed by atoms with Crippen LogP contribution in [0.3, 0.4) is 0 Å². The van der Waals surface area contributed by atoms with E-state index in [-0.39, 0.29) is 10.6 Å². The van der Waals surface area contributed by atoms with Crippen molar-refractivity contribution < 1.29 is 4.92 Å². The fraction of sp³-hybridized carbons (Fsp3) is 0. The van der Waals surface area contributed by atoms with Gasteiger partial charge in [0.05, 0.1) is 26.4 Å². The SMILES string of the molecule is O=[N+]([O-])c1ccccc1-c1cccc2c1sc1c(-c3ccc(-c4ccccc4)cc3)nc(-c3ccccc3)nc12. The van der Waals surface area contributed by atoms with Crippen LogP contribution in [0.15, 0.2) is 127 Å². The molecule has 2 heterocycles. The van der Waals surface area contributed by atoms with Crippen LogP contribution < -0.4 is 0 Å². The Morgan fingerprint density at radius 2 is 1.15 bits per heavy atom. The summed E-state index contributed by atoms with van der Waals surface area (Å²) < 4.78 is 1.90. The van der Waals surface area contributed by atoms with Crippen LogP contribution in [-0.2, 0) is 0 Å². The molecule has 0 bridgehead atoms. The predicted molar refractivity (Wildman–Crippen MR) is 163 cm³/mol. The molecule has 7 rings (SSSR count). The van der Waals surface area contributed by atoms with Gasteiger partial charge in [-0.2, -0.15) is 0 Å². The zero-order chi connectivity index (χ0) is 27.1. The van der Waals surface area contributed by atoms with Gasteiger partial charge in [0, 0.05) is 32.8 Å². The summed E-state index contributed by atoms with van der Waals surface area (Å²) >= 11 is 1.58. The number of benzene rings is 5. The maximum atomic E-state index is 11.9. The van der Waals surface area contributed by atoms with E-state index in [1.54, 1.807) is 23.5 Å². The fourth-order valence-electron chi connectivity index (χ4n) is 5.10. The Balaban J connectivity index is 1.49. The average molecular weight is 536 g/mol. The van der Waals surface area contributed by atoms with Crippen molar-refractivity contribution in [3.8, 4) is 44.9 Å². The van der Waals surface area contributed by atoms with Gasteiger partial charge in [-0.1, -0.05) is 115 Å². The quantitative estimate of drug-likeness (QED) is 0.163. The molecule has 0 radical (unpaired) electrons. The van der Waals surface area contributed by atoms with E-state index in [0.29, 0.717) is 11.4 Å². The number of nitro benzene ring substituents is 1. The monoisotopic (exact) mass is 535 g/mol. The number of fused-ring (bicyclic) bond motifs is 3. The molecule has 0 amide bonds. The Kier molecular flexibility index (Phi) is 5.87. The van der Waals surface area contributed by atoms with Crippen molar-refractivity contribution in [1.82, 2.24) is 9.97 Å². The summed E-state index contributed by atoms with van der Waals surface area (Å²) in [6, 6.07) is 41.5. The van der Waals surface area contributed by atoms with E-state index < -0.39 is 0 Å². The standard InChI is InChI=1S/C34H21N3O2S/c38-37(39)29-17-8-7-14-26(29)27-15-9-16-28-31-33(40-32(27)28)30(35-34(36-31)25-12-5-2-6-13-25)24-20-18-23(19-21-24)22-10-3-1-4-11-22/h1-21H. The van der Waals surface area contributed by atoms with Crippen LogP contribution in [0.4, 0.5) is 5.69 Å². The molecule has 0 N–H and O–H groups in total. The number of rotatable bonds is 5. The summed E-state index contributed by atoms with van der Waals surface area (Å²) in [5, 5.41) is 12.8. The van der Waals surface area contributed by atoms with Crippen LogP contribution >= 0.6 is 11.3 Å². The van der Waals surface area contributed by atoms with Crippen LogP contribution in [0.25, 0.3) is 65.2 Å². The van der Waals surface area contributed by atoms with E-state index in [1.807, 2.05) is 78.9 Å². The van der Waals surface area contributed by atoms with Gasteiger partial charge < -0.3 is 0 Å². The number of nitrogens with zero attached hydrogens (tertiary/aromatic N) is 3. The van der Waals surface area contributed by atoms with Crippen molar-refractivity contribution in [1.29, 1.82) is 0 Å². The van der Waals surface area contributed by atoms with Crippen molar-refractivity contribution in [2.75, 3.05) is 0 Å². The van der Waals surface area contributed by atoms with Gasteiger partial charge in [-0.3, -0.25) is 10.1 Å². The second kappa shape index (κ2) is 9.84. The van der Waals surface area contributed by atoms with Crippen molar-refractivity contribution in [2.24, 2.45) is 0 Å². The molecule has 6 heteroatoms. The lowest BCUT2D eigenvalue weighted by Gasteiger charge is -2.08. The maximum absolute atomic E-state index is 11.9. The van der Waals surface area contributed by atoms with Gasteiger partial charge in [-0.25, -0.2) is 9.97 Å². The molecule has 0 atom stereocenters. The normalized spacial score (nSPS) is 11.2. The molecule has 0 spiro atoms. The first-order chi connectivity index (χ1) is 19.7. The zero-order valence-corrected chi connectivity index (χ0v) is 22.0. The third-order valence-electron chi connectivity index (χ3n) is 7.03. The lowest BCUT2D eigenvalue weighted by atomic mass is 10.0. The molecule has 190 valence electrons. The maximum Gasteiger partial charge on any atom is 0.277 e. The third-order valence-corrected chi connectivity index (χ3v) is 8.26. The van der Waals surface area contributed by atoms with Gasteiger partial charge in [0.15, 0.2) is 5.82 Å². The molecule has 5 nitrogen and oxygen atoms in total. The third kappa shape index (κ3) is 4.11. The number of aromatic nitrogens is 2. The van der Waals surface area contributed by atoms with E-state index in [1.165, 1.54) is 0 Å². The molecule has 0 aliphatic carbocycles. The lowest BCUT2D eigenvalue weighted by molar-refractivity contribution is -0.384. The lowest BCUT2D eigenvalue weighted by Crippen LogP contribution is -1.93. The highest BCUT2D eigenvalue weighted by molar-refractivity contribution is 7.26. The molecule has 40 heavy (non-hydrogen) atoms. The zero-order valence-electron chi connectivity index (χ0n) is 21.2. The van der Waals surface area contributed by atoms with E-state index >= 15 is 0 Å². The summed E-state index contributed by atoms with van der Waals surface area (Å²) in [6.45, 7) is 0. The Bertz CT molecular complexity index is 2020. The summed E-state index contributed by atoms with van der Waals surface area (Å²) in [4.78, 5) is 21.7. The number of para-hydroxylation sites is 1. The summed E-state index contributed by atoms with van der Waals surface area (Å²) in [6.07, 6.45) is 0. The largest absolute Gasteiger partial charge is 0.277 e. The Hall–Kier alpha value is -5.20. The van der Waals surface area contributed by atoms with E-state index in [0.717, 1.165) is 53.8 Å². The van der Waals surface area contributed by atoms with Gasteiger partial charge in [0.25, 0.3) is 5.69 Å². The molecular weight excluding hydrogens is 514 g/mol. The van der Waals surface area contributed by atoms with Crippen molar-refractivity contribution in [2.45, 2.75) is 0 Å². The highest BCUT2D eigenvalue weighted by Gasteiger charge is 2.21. The first-order valence-electron chi connectivity index (χ1n) is 12.9. The fourth-order valence-corrected chi connectivity index (χ4v) is 6.38. The Morgan fingerprint density at radius 3 is 1.88 bits per heavy atom. The minimum absolute atomic E-state index is 0.0836. The summed E-state index contributed by atoms with van der Waals surface area (Å²) in [5.41, 5.74) is 7.39. The summed E-state index contributed by atoms with van der Waals surface area (Å²) in [5.74, 6) is 0.644. The van der Waals surface area contributed by atoms with E-state index in [9.17, 15) is 10.1 Å². The Labute approximate surface area is 234 Å². The first kappa shape index (κ1) is 23.9. The van der Waals surface area contributed by atoms with Crippen LogP contribution in [0.2, 0.25) is 0 Å². The number of hydrogen-bond acceptors (Lipinski definition) is 5. The second-order valence-electron chi connectivity index (χ2n) is 9.44. The van der Waals surface area contributed by atoms with Crippen LogP contribution in [0, 0.1) is 10.1 Å². The Morgan fingerprint density at radius 1 is 0.550 bits per heavy atom. The van der Waals surface area contributed by atoms with Crippen LogP contribution in [0.1, 0.15) is 0 Å². The van der Waals surface area contributed by atoms with Crippen molar-refractivity contribution >= 4 is 37.3 Å². The highest BCUT2D eigenvalue weighted by atomic mass is 32.1. The van der Waals surface area contributed by atoms with Gasteiger partial charge in [0.1, 0.15) is 0 Å². The number of thiophene rings is 1. The molecule has 2 aromatic heterocycles. The van der Waals surface area contributed by atoms with Crippen molar-refractivity contribution in [3.05, 3.63) is 138 Å². The molecule has 5 aromatic carbocycles. The molecule has 7 aromatic rings. The van der Waals surface area contributed by atoms with Crippen LogP contribution in [-0.4, -0.2) is 14.9 Å². The minimum Gasteiger partial charge on any atom is -0.258 e. The average Bonchev–Trinajstić information content (AvgIpc) is 3.40. The van der Waals surface area contributed by atoms with Gasteiger partial charge in [-0.15, -0.1) is 11.3 Å². The van der Waals surface area contributed by atoms with Gasteiger partial charge >= 0.3 is 0 Å². The summed E-state index contributed by atoms with van der Waals surface area (Å²) in [7, 11) is 0. The van der Waals surface area contributed by atoms with Crippen LogP contribution in [0.5, 0.6) is 0 Å². The smallest absolute Gasteiger partial charge is 0.258 e. The molecule has 0 fully saturated rings. The van der Waals surface area contributed by atoms with E-state index in [4.69, 9.17) is 9.97 Å². The predicted octanol–water partition coefficient (Wildman–Crippen LogP) is 9.42. The molecule has 0 aliphatic rings. The number of nitro groups is 1. The molecule has 0 aliphatic heterocycles. The second-order valence-corrected chi connectivity index (χ2v) is 10.5. The molecule has 0 saturated heterocycles. The van der Waals surface area contributed by atoms with Gasteiger partial charge in [0.2, 0.25) is 0 Å². The van der Waals surface area contributed by atoms with E-state index in [2.05, 4.69) is 36.4 Å². The molecular formula is C34H21N3O2S. The highest BCUT2D eigenvalue weighted by Crippen LogP contribution is 2.44. The molecule has 0 saturated carbocycles. The van der Waals surface area contributed by atoms with Gasteiger partial charge in [-0.05, 0) is 17.2 Å². The minimum atomic E-state index is -0.325. The number of hydrogen-bond donors (Lipinski definition) is 0. The topological polar surface area (TPSA) is 68.9 Å².